The summed E-state index contributed by atoms with van der Waals surface area (Å²) in [4.78, 5) is 7.36. The zero-order valence-corrected chi connectivity index (χ0v) is 15.0. The van der Waals surface area contributed by atoms with Crippen LogP contribution in [0.2, 0.25) is 0 Å². The summed E-state index contributed by atoms with van der Waals surface area (Å²) in [5.41, 5.74) is 3.35. The van der Waals surface area contributed by atoms with Crippen LogP contribution in [0.1, 0.15) is 42.7 Å². The van der Waals surface area contributed by atoms with Gasteiger partial charge < -0.3 is 9.15 Å². The molecule has 0 aliphatic carbocycles. The molecule has 4 nitrogen and oxygen atoms in total. The Hall–Kier alpha value is -1.65. The molecule has 1 aromatic carbocycles. The van der Waals surface area contributed by atoms with E-state index in [-0.39, 0.29) is 0 Å². The largest absolute Gasteiger partial charge is 0.441 e. The summed E-state index contributed by atoms with van der Waals surface area (Å²) in [5.74, 6) is 1.68. The van der Waals surface area contributed by atoms with Gasteiger partial charge in [0, 0.05) is 31.9 Å². The molecule has 0 radical (unpaired) electrons. The molecule has 0 amide bonds. The predicted molar refractivity (Wildman–Crippen MR) is 96.0 cm³/mol. The van der Waals surface area contributed by atoms with Gasteiger partial charge in [0.2, 0.25) is 5.89 Å². The Morgan fingerprint density at radius 3 is 2.88 bits per heavy atom. The summed E-state index contributed by atoms with van der Waals surface area (Å²) in [6.45, 7) is 6.96. The molecule has 0 N–H and O–H groups in total. The summed E-state index contributed by atoms with van der Waals surface area (Å²) in [5, 5.41) is 0. The number of hydrogen-bond acceptors (Lipinski definition) is 4. The van der Waals surface area contributed by atoms with Gasteiger partial charge >= 0.3 is 0 Å². The van der Waals surface area contributed by atoms with E-state index in [2.05, 4.69) is 24.0 Å². The summed E-state index contributed by atoms with van der Waals surface area (Å²) < 4.78 is 11.3. The zero-order valence-electron chi connectivity index (χ0n) is 15.0. The lowest BCUT2D eigenvalue weighted by Gasteiger charge is -2.35. The molecule has 2 heterocycles. The van der Waals surface area contributed by atoms with Crippen LogP contribution in [-0.2, 0) is 11.3 Å². The lowest BCUT2D eigenvalue weighted by Crippen LogP contribution is -2.39. The van der Waals surface area contributed by atoms with Crippen molar-refractivity contribution in [1.82, 2.24) is 9.88 Å². The molecule has 24 heavy (non-hydrogen) atoms. The van der Waals surface area contributed by atoms with E-state index in [9.17, 15) is 0 Å². The van der Waals surface area contributed by atoms with Crippen LogP contribution in [0.15, 0.2) is 28.7 Å². The van der Waals surface area contributed by atoms with E-state index >= 15 is 0 Å². The Bertz CT molecular complexity index is 665. The molecule has 1 unspecified atom stereocenters. The number of methoxy groups -OCH3 is 1. The summed E-state index contributed by atoms with van der Waals surface area (Å²) in [7, 11) is 1.78. The minimum absolute atomic E-state index is 0.594. The molecule has 1 fully saturated rings. The average molecular weight is 328 g/mol. The Labute approximate surface area is 144 Å². The van der Waals surface area contributed by atoms with Crippen LogP contribution in [-0.4, -0.2) is 36.2 Å². The van der Waals surface area contributed by atoms with Crippen LogP contribution < -0.4 is 0 Å². The highest BCUT2D eigenvalue weighted by molar-refractivity contribution is 5.58. The number of ether oxygens (including phenoxy) is 1. The van der Waals surface area contributed by atoms with Crippen molar-refractivity contribution in [1.29, 1.82) is 0 Å². The van der Waals surface area contributed by atoms with Crippen molar-refractivity contribution in [3.8, 4) is 11.5 Å². The smallest absolute Gasteiger partial charge is 0.226 e. The van der Waals surface area contributed by atoms with Crippen LogP contribution in [0.3, 0.4) is 0 Å². The number of hydrogen-bond donors (Lipinski definition) is 0. The lowest BCUT2D eigenvalue weighted by atomic mass is 9.99. The summed E-state index contributed by atoms with van der Waals surface area (Å²) >= 11 is 0. The molecule has 1 aromatic heterocycles. The second kappa shape index (κ2) is 7.95. The third kappa shape index (κ3) is 3.87. The second-order valence-corrected chi connectivity index (χ2v) is 6.74. The molecule has 1 atom stereocenters. The van der Waals surface area contributed by atoms with E-state index in [4.69, 9.17) is 14.1 Å². The van der Waals surface area contributed by atoms with E-state index in [1.54, 1.807) is 7.11 Å². The number of aryl methyl sites for hydroxylation is 2. The molecule has 0 saturated carbocycles. The molecule has 1 saturated heterocycles. The molecule has 1 aliphatic rings. The quantitative estimate of drug-likeness (QED) is 0.790. The highest BCUT2D eigenvalue weighted by Crippen LogP contribution is 2.27. The SMILES string of the molecule is COCCC1CCCCN1Cc1nc(-c2ccccc2C)oc1C. The average Bonchev–Trinajstić information content (AvgIpc) is 2.95. The molecule has 3 rings (SSSR count). The minimum atomic E-state index is 0.594. The Balaban J connectivity index is 1.76. The van der Waals surface area contributed by atoms with Gasteiger partial charge in [-0.3, -0.25) is 4.90 Å². The van der Waals surface area contributed by atoms with Crippen LogP contribution in [0, 0.1) is 13.8 Å². The van der Waals surface area contributed by atoms with Crippen molar-refractivity contribution in [3.05, 3.63) is 41.3 Å². The van der Waals surface area contributed by atoms with E-state index in [0.717, 1.165) is 49.0 Å². The first-order chi connectivity index (χ1) is 11.7. The van der Waals surface area contributed by atoms with Crippen LogP contribution in [0.5, 0.6) is 0 Å². The molecule has 1 aliphatic heterocycles. The molecule has 0 spiro atoms. The number of benzene rings is 1. The third-order valence-electron chi connectivity index (χ3n) is 5.03. The summed E-state index contributed by atoms with van der Waals surface area (Å²) in [6, 6.07) is 8.85. The topological polar surface area (TPSA) is 38.5 Å². The molecule has 2 aromatic rings. The van der Waals surface area contributed by atoms with Gasteiger partial charge in [-0.15, -0.1) is 0 Å². The van der Waals surface area contributed by atoms with Gasteiger partial charge in [0.05, 0.1) is 5.69 Å². The van der Waals surface area contributed by atoms with Crippen LogP contribution >= 0.6 is 0 Å². The molecule has 0 bridgehead atoms. The molecular weight excluding hydrogens is 300 g/mol. The number of aromatic nitrogens is 1. The number of likely N-dealkylation sites (tertiary alicyclic amines) is 1. The Kier molecular flexibility index (Phi) is 5.69. The number of rotatable bonds is 6. The van der Waals surface area contributed by atoms with Gasteiger partial charge in [0.15, 0.2) is 0 Å². The van der Waals surface area contributed by atoms with Gasteiger partial charge in [-0.05, 0) is 51.3 Å². The monoisotopic (exact) mass is 328 g/mol. The van der Waals surface area contributed by atoms with Crippen molar-refractivity contribution in [3.63, 3.8) is 0 Å². The minimum Gasteiger partial charge on any atom is -0.441 e. The molecule has 4 heteroatoms. The maximum absolute atomic E-state index is 5.98. The third-order valence-corrected chi connectivity index (χ3v) is 5.03. The van der Waals surface area contributed by atoms with Gasteiger partial charge in [0.1, 0.15) is 5.76 Å². The van der Waals surface area contributed by atoms with Crippen molar-refractivity contribution in [2.75, 3.05) is 20.3 Å². The highest BCUT2D eigenvalue weighted by atomic mass is 16.5. The second-order valence-electron chi connectivity index (χ2n) is 6.74. The molecular formula is C20H28N2O2. The highest BCUT2D eigenvalue weighted by Gasteiger charge is 2.24. The Morgan fingerprint density at radius 1 is 1.25 bits per heavy atom. The van der Waals surface area contributed by atoms with Gasteiger partial charge in [0.25, 0.3) is 0 Å². The summed E-state index contributed by atoms with van der Waals surface area (Å²) in [6.07, 6.45) is 4.94. The van der Waals surface area contributed by atoms with Crippen LogP contribution in [0.25, 0.3) is 11.5 Å². The number of piperidine rings is 1. The van der Waals surface area contributed by atoms with Gasteiger partial charge in [-0.25, -0.2) is 4.98 Å². The standard InChI is InChI=1S/C20H28N2O2/c1-15-8-4-5-10-18(15)20-21-19(16(2)24-20)14-22-12-7-6-9-17(22)11-13-23-3/h4-5,8,10,17H,6-7,9,11-14H2,1-3H3. The van der Waals surface area contributed by atoms with Gasteiger partial charge in [-0.2, -0.15) is 0 Å². The maximum atomic E-state index is 5.98. The number of nitrogens with zero attached hydrogens (tertiary/aromatic N) is 2. The maximum Gasteiger partial charge on any atom is 0.226 e. The first-order valence-electron chi connectivity index (χ1n) is 8.94. The van der Waals surface area contributed by atoms with E-state index in [1.807, 2.05) is 19.1 Å². The number of oxazole rings is 1. The van der Waals surface area contributed by atoms with Gasteiger partial charge in [-0.1, -0.05) is 24.6 Å². The lowest BCUT2D eigenvalue weighted by molar-refractivity contribution is 0.0961. The van der Waals surface area contributed by atoms with Crippen molar-refractivity contribution >= 4 is 0 Å². The fraction of sp³-hybridized carbons (Fsp3) is 0.550. The fourth-order valence-electron chi connectivity index (χ4n) is 3.54. The van der Waals surface area contributed by atoms with Crippen molar-refractivity contribution in [2.45, 2.75) is 52.1 Å². The first kappa shape index (κ1) is 17.2. The fourth-order valence-corrected chi connectivity index (χ4v) is 3.54. The van der Waals surface area contributed by atoms with E-state index in [1.165, 1.54) is 24.8 Å². The first-order valence-corrected chi connectivity index (χ1v) is 8.94. The van der Waals surface area contributed by atoms with Crippen LogP contribution in [0.4, 0.5) is 0 Å². The van der Waals surface area contributed by atoms with E-state index < -0.39 is 0 Å². The molecule has 130 valence electrons. The normalized spacial score (nSPS) is 18.9. The van der Waals surface area contributed by atoms with E-state index in [0.29, 0.717) is 6.04 Å². The van der Waals surface area contributed by atoms with Crippen molar-refractivity contribution in [2.24, 2.45) is 0 Å². The predicted octanol–water partition coefficient (Wildman–Crippen LogP) is 4.35. The Morgan fingerprint density at radius 2 is 2.08 bits per heavy atom. The zero-order chi connectivity index (χ0) is 16.9. The van der Waals surface area contributed by atoms with Crippen molar-refractivity contribution < 1.29 is 9.15 Å².